The molecule has 53 heavy (non-hydrogen) atoms. The summed E-state index contributed by atoms with van der Waals surface area (Å²) in [6, 6.07) is 4.44. The van der Waals surface area contributed by atoms with E-state index in [9.17, 15) is 41.0 Å². The minimum Gasteiger partial charge on any atom is -0.509 e. The SMILES string of the molecule is CC12CCCN1N(Cc1c(Cl)cc(OCCN3CCOCC3)cc1Cl)C(=O)C(C(=O)Nc1cnc(C(F)(F)F)nc1-c1ccc(C(F)(F)F)nc1)=C2O. The van der Waals surface area contributed by atoms with Crippen molar-refractivity contribution in [1.82, 2.24) is 29.9 Å². The van der Waals surface area contributed by atoms with E-state index in [0.717, 1.165) is 19.2 Å². The van der Waals surface area contributed by atoms with Gasteiger partial charge in [-0.05, 0) is 44.0 Å². The van der Waals surface area contributed by atoms with Crippen molar-refractivity contribution in [3.8, 4) is 17.0 Å². The number of ether oxygens (including phenoxy) is 2. The van der Waals surface area contributed by atoms with Crippen molar-refractivity contribution < 1.29 is 50.5 Å². The fraction of sp³-hybridized carbons (Fsp3) is 0.424. The van der Waals surface area contributed by atoms with E-state index >= 15 is 0 Å². The number of alkyl halides is 6. The Bertz CT molecular complexity index is 1900. The standard InChI is InChI=1S/C33H31Cl2F6N7O5/c1-31-5-2-6-48(31)47(17-20-21(34)13-19(14-22(20)35)53-12-9-46-7-10-52-11-8-46)29(51)25(27(31)49)28(50)44-23-16-43-30(33(39,40)41)45-26(23)18-3-4-24(42-15-18)32(36,37)38/h3-4,13-16,49H,2,5-12,17H2,1H3,(H,44,50). The highest BCUT2D eigenvalue weighted by Gasteiger charge is 2.53. The minimum atomic E-state index is -5.06. The van der Waals surface area contributed by atoms with Crippen molar-refractivity contribution >= 4 is 40.7 Å². The molecule has 3 aliphatic heterocycles. The zero-order valence-electron chi connectivity index (χ0n) is 27.8. The number of fused-ring (bicyclic) bond motifs is 1. The first kappa shape index (κ1) is 38.5. The third-order valence-corrected chi connectivity index (χ3v) is 9.81. The number of rotatable bonds is 9. The number of carbonyl (C=O) groups excluding carboxylic acids is 2. The Morgan fingerprint density at radius 1 is 1.04 bits per heavy atom. The monoisotopic (exact) mass is 789 g/mol. The molecule has 2 saturated heterocycles. The summed E-state index contributed by atoms with van der Waals surface area (Å²) in [6.07, 6.45) is -7.86. The van der Waals surface area contributed by atoms with Crippen LogP contribution in [0.1, 0.15) is 36.8 Å². The van der Waals surface area contributed by atoms with Gasteiger partial charge in [0.2, 0.25) is 5.82 Å². The number of hydrogen-bond donors (Lipinski definition) is 2. The molecule has 20 heteroatoms. The van der Waals surface area contributed by atoms with E-state index in [-0.39, 0.29) is 22.2 Å². The van der Waals surface area contributed by atoms with Gasteiger partial charge in [0.15, 0.2) is 0 Å². The van der Waals surface area contributed by atoms with Crippen LogP contribution in [-0.2, 0) is 33.2 Å². The number of aliphatic hydroxyl groups excluding tert-OH is 1. The van der Waals surface area contributed by atoms with Gasteiger partial charge in [0, 0.05) is 43.5 Å². The van der Waals surface area contributed by atoms with Gasteiger partial charge in [-0.15, -0.1) is 0 Å². The molecule has 0 bridgehead atoms. The van der Waals surface area contributed by atoms with Gasteiger partial charge in [0.05, 0.1) is 52.9 Å². The second-order valence-corrected chi connectivity index (χ2v) is 13.4. The lowest BCUT2D eigenvalue weighted by atomic mass is 9.90. The average Bonchev–Trinajstić information content (AvgIpc) is 3.50. The maximum atomic E-state index is 14.1. The summed E-state index contributed by atoms with van der Waals surface area (Å²) in [5.41, 5.74) is -4.48. The summed E-state index contributed by atoms with van der Waals surface area (Å²) < 4.78 is 91.4. The molecule has 2 N–H and O–H groups in total. The summed E-state index contributed by atoms with van der Waals surface area (Å²) in [6.45, 7) is 5.51. The molecule has 2 fully saturated rings. The van der Waals surface area contributed by atoms with Gasteiger partial charge in [0.1, 0.15) is 29.4 Å². The number of pyridine rings is 1. The molecule has 2 aromatic heterocycles. The van der Waals surface area contributed by atoms with Crippen LogP contribution in [-0.4, -0.2) is 98.3 Å². The first-order valence-corrected chi connectivity index (χ1v) is 17.0. The molecule has 0 radical (unpaired) electrons. The highest BCUT2D eigenvalue weighted by atomic mass is 35.5. The summed E-state index contributed by atoms with van der Waals surface area (Å²) >= 11 is 13.3. The van der Waals surface area contributed by atoms with Crippen molar-refractivity contribution in [2.45, 2.75) is 44.2 Å². The number of halogens is 8. The summed E-state index contributed by atoms with van der Waals surface area (Å²) in [4.78, 5) is 40.1. The van der Waals surface area contributed by atoms with Gasteiger partial charge in [-0.2, -0.15) is 26.3 Å². The summed E-state index contributed by atoms with van der Waals surface area (Å²) in [5, 5.41) is 16.8. The quantitative estimate of drug-likeness (QED) is 0.192. The highest BCUT2D eigenvalue weighted by molar-refractivity contribution is 6.36. The zero-order chi connectivity index (χ0) is 38.3. The Morgan fingerprint density at radius 3 is 2.36 bits per heavy atom. The molecule has 0 spiro atoms. The predicted octanol–water partition coefficient (Wildman–Crippen LogP) is 6.16. The lowest BCUT2D eigenvalue weighted by Crippen LogP contribution is -2.60. The fourth-order valence-corrected chi connectivity index (χ4v) is 6.93. The number of hydrogen-bond acceptors (Lipinski definition) is 10. The van der Waals surface area contributed by atoms with E-state index in [0.29, 0.717) is 75.5 Å². The lowest BCUT2D eigenvalue weighted by Gasteiger charge is -2.46. The van der Waals surface area contributed by atoms with E-state index in [1.165, 1.54) is 5.01 Å². The second kappa shape index (κ2) is 14.9. The molecular formula is C33H31Cl2F6N7O5. The fourth-order valence-electron chi connectivity index (χ4n) is 6.35. The number of morpholine rings is 1. The van der Waals surface area contributed by atoms with Crippen LogP contribution in [0.4, 0.5) is 32.0 Å². The number of aromatic nitrogens is 3. The molecule has 6 rings (SSSR count). The number of nitrogens with one attached hydrogen (secondary N) is 1. The molecule has 0 saturated carbocycles. The molecule has 5 heterocycles. The van der Waals surface area contributed by atoms with Gasteiger partial charge in [0.25, 0.3) is 11.8 Å². The largest absolute Gasteiger partial charge is 0.509 e. The van der Waals surface area contributed by atoms with Crippen LogP contribution in [0.25, 0.3) is 11.3 Å². The molecule has 3 aromatic rings. The van der Waals surface area contributed by atoms with Crippen LogP contribution in [0.5, 0.6) is 5.75 Å². The van der Waals surface area contributed by atoms with E-state index in [1.807, 2.05) is 0 Å². The molecule has 284 valence electrons. The molecule has 1 aromatic carbocycles. The Kier molecular flexibility index (Phi) is 10.8. The van der Waals surface area contributed by atoms with E-state index in [2.05, 4.69) is 25.2 Å². The molecular weight excluding hydrogens is 759 g/mol. The average molecular weight is 791 g/mol. The summed E-state index contributed by atoms with van der Waals surface area (Å²) in [7, 11) is 0. The molecule has 12 nitrogen and oxygen atoms in total. The van der Waals surface area contributed by atoms with Crippen LogP contribution in [0.3, 0.4) is 0 Å². The predicted molar refractivity (Wildman–Crippen MR) is 178 cm³/mol. The second-order valence-electron chi connectivity index (χ2n) is 12.6. The van der Waals surface area contributed by atoms with Crippen LogP contribution in [0, 0.1) is 0 Å². The third-order valence-electron chi connectivity index (χ3n) is 9.14. The topological polar surface area (TPSA) is 133 Å². The number of benzene rings is 1. The number of anilines is 1. The Labute approximate surface area is 308 Å². The van der Waals surface area contributed by atoms with Gasteiger partial charge in [-0.3, -0.25) is 24.5 Å². The molecule has 3 aliphatic rings. The van der Waals surface area contributed by atoms with Gasteiger partial charge >= 0.3 is 12.4 Å². The molecule has 1 unspecified atom stereocenters. The first-order valence-electron chi connectivity index (χ1n) is 16.2. The normalized spacial score (nSPS) is 20.2. The van der Waals surface area contributed by atoms with Crippen LogP contribution >= 0.6 is 23.2 Å². The van der Waals surface area contributed by atoms with Crippen LogP contribution in [0.15, 0.2) is 48.0 Å². The van der Waals surface area contributed by atoms with Crippen molar-refractivity contribution in [2.24, 2.45) is 0 Å². The van der Waals surface area contributed by atoms with Gasteiger partial charge in [-0.1, -0.05) is 23.2 Å². The maximum absolute atomic E-state index is 14.1. The minimum absolute atomic E-state index is 0.161. The smallest absolute Gasteiger partial charge is 0.451 e. The molecule has 1 atom stereocenters. The molecule has 0 aliphatic carbocycles. The van der Waals surface area contributed by atoms with Crippen molar-refractivity contribution in [2.75, 3.05) is 51.3 Å². The maximum Gasteiger partial charge on any atom is 0.451 e. The van der Waals surface area contributed by atoms with E-state index in [4.69, 9.17) is 32.7 Å². The van der Waals surface area contributed by atoms with Crippen LogP contribution < -0.4 is 10.1 Å². The number of nitrogens with zero attached hydrogens (tertiary/aromatic N) is 6. The zero-order valence-corrected chi connectivity index (χ0v) is 29.3. The Morgan fingerprint density at radius 2 is 1.74 bits per heavy atom. The van der Waals surface area contributed by atoms with E-state index < -0.39 is 63.9 Å². The van der Waals surface area contributed by atoms with Crippen molar-refractivity contribution in [1.29, 1.82) is 0 Å². The Balaban J connectivity index is 1.27. The van der Waals surface area contributed by atoms with Crippen LogP contribution in [0.2, 0.25) is 10.0 Å². The number of aliphatic hydroxyl groups is 1. The number of carbonyl (C=O) groups is 2. The highest BCUT2D eigenvalue weighted by Crippen LogP contribution is 2.43. The molecule has 2 amide bonds. The summed E-state index contributed by atoms with van der Waals surface area (Å²) in [5.74, 6) is -4.08. The Hall–Kier alpha value is -4.23. The van der Waals surface area contributed by atoms with Crippen molar-refractivity contribution in [3.63, 3.8) is 0 Å². The van der Waals surface area contributed by atoms with Gasteiger partial charge < -0.3 is 19.9 Å². The third kappa shape index (κ3) is 8.01. The number of hydrazine groups is 1. The first-order chi connectivity index (χ1) is 25.0. The number of amides is 2. The lowest BCUT2D eigenvalue weighted by molar-refractivity contribution is -0.160. The van der Waals surface area contributed by atoms with Gasteiger partial charge in [-0.25, -0.2) is 15.0 Å². The van der Waals surface area contributed by atoms with Crippen molar-refractivity contribution in [3.05, 3.63) is 75.1 Å². The van der Waals surface area contributed by atoms with E-state index in [1.54, 1.807) is 24.1 Å².